The van der Waals surface area contributed by atoms with Gasteiger partial charge in [-0.25, -0.2) is 0 Å². The van der Waals surface area contributed by atoms with E-state index in [1.807, 2.05) is 0 Å². The van der Waals surface area contributed by atoms with Crippen LogP contribution in [0.1, 0.15) is 84.0 Å². The molecule has 1 aliphatic carbocycles. The number of nitrogens with zero attached hydrogens (tertiary/aromatic N) is 1. The molecular weight excluding hydrogens is 374 g/mol. The molecule has 3 rings (SSSR count). The maximum atomic E-state index is 10.6. The van der Waals surface area contributed by atoms with Crippen LogP contribution in [0.5, 0.6) is 0 Å². The topological polar surface area (TPSA) is 59.0 Å². The highest BCUT2D eigenvalue weighted by molar-refractivity contribution is 7.80. The van der Waals surface area contributed by atoms with Crippen LogP contribution in [-0.4, -0.2) is 52.6 Å². The Morgan fingerprint density at radius 2 is 1.82 bits per heavy atom. The molecule has 2 bridgehead atoms. The van der Waals surface area contributed by atoms with Crippen molar-refractivity contribution in [2.45, 2.75) is 108 Å². The van der Waals surface area contributed by atoms with Crippen LogP contribution < -0.4 is 0 Å². The number of unbranched alkanes of at least 4 members (excludes halogenated alkanes) is 3. The Balaban J connectivity index is 1.46. The summed E-state index contributed by atoms with van der Waals surface area (Å²) in [5.74, 6) is 0.284. The van der Waals surface area contributed by atoms with Crippen molar-refractivity contribution < 1.29 is 19.4 Å². The molecule has 0 aromatic heterocycles. The van der Waals surface area contributed by atoms with Crippen LogP contribution >= 0.6 is 12.2 Å². The lowest BCUT2D eigenvalue weighted by molar-refractivity contribution is -0.137. The first-order chi connectivity index (χ1) is 13.5. The number of thiocarbonyl (C=S) groups is 1. The van der Waals surface area contributed by atoms with Crippen LogP contribution in [0, 0.1) is 11.8 Å². The molecule has 0 amide bonds. The highest BCUT2D eigenvalue weighted by atomic mass is 32.1. The van der Waals surface area contributed by atoms with Crippen molar-refractivity contribution in [3.05, 3.63) is 0 Å². The summed E-state index contributed by atoms with van der Waals surface area (Å²) < 4.78 is 12.5. The fourth-order valence-corrected chi connectivity index (χ4v) is 5.91. The molecule has 160 valence electrons. The molecule has 5 atom stereocenters. The number of ether oxygens (including phenoxy) is 2. The second kappa shape index (κ2) is 10.2. The lowest BCUT2D eigenvalue weighted by atomic mass is 9.74. The summed E-state index contributed by atoms with van der Waals surface area (Å²) in [6.45, 7) is 2.17. The van der Waals surface area contributed by atoms with Crippen LogP contribution in [-0.2, 0) is 14.3 Å². The summed E-state index contributed by atoms with van der Waals surface area (Å²) in [4.78, 5) is 12.8. The average Bonchev–Trinajstić information content (AvgIpc) is 3.40. The monoisotopic (exact) mass is 411 g/mol. The van der Waals surface area contributed by atoms with Gasteiger partial charge in [0.15, 0.2) is 0 Å². The smallest absolute Gasteiger partial charge is 0.303 e. The van der Waals surface area contributed by atoms with E-state index in [4.69, 9.17) is 26.8 Å². The van der Waals surface area contributed by atoms with Gasteiger partial charge >= 0.3 is 5.97 Å². The molecule has 6 heteroatoms. The van der Waals surface area contributed by atoms with Crippen molar-refractivity contribution in [3.63, 3.8) is 0 Å². The first kappa shape index (κ1) is 21.8. The van der Waals surface area contributed by atoms with E-state index in [0.29, 0.717) is 35.3 Å². The maximum Gasteiger partial charge on any atom is 0.303 e. The Bertz CT molecular complexity index is 537. The van der Waals surface area contributed by atoms with Crippen molar-refractivity contribution in [3.8, 4) is 0 Å². The van der Waals surface area contributed by atoms with Crippen molar-refractivity contribution in [1.29, 1.82) is 0 Å². The summed E-state index contributed by atoms with van der Waals surface area (Å²) in [6.07, 6.45) is 13.6. The predicted molar refractivity (Wildman–Crippen MR) is 113 cm³/mol. The normalized spacial score (nSPS) is 30.5. The van der Waals surface area contributed by atoms with Gasteiger partial charge in [0.1, 0.15) is 6.10 Å². The fourth-order valence-electron chi connectivity index (χ4n) is 5.61. The van der Waals surface area contributed by atoms with E-state index in [1.165, 1.54) is 32.1 Å². The van der Waals surface area contributed by atoms with Crippen molar-refractivity contribution in [1.82, 2.24) is 4.90 Å². The molecule has 2 saturated heterocycles. The number of aliphatic carboxylic acids is 1. The molecular formula is C22H37NO4S. The zero-order valence-corrected chi connectivity index (χ0v) is 18.3. The second-order valence-corrected chi connectivity index (χ2v) is 9.37. The number of hydrogen-bond donors (Lipinski definition) is 1. The van der Waals surface area contributed by atoms with Crippen molar-refractivity contribution in [2.24, 2.45) is 11.8 Å². The zero-order valence-electron chi connectivity index (χ0n) is 17.5. The fraction of sp³-hybridized carbons (Fsp3) is 0.909. The number of carboxylic acid groups (broad SMARTS) is 1. The highest BCUT2D eigenvalue weighted by Crippen LogP contribution is 2.47. The van der Waals surface area contributed by atoms with Crippen LogP contribution in [0.25, 0.3) is 0 Å². The Morgan fingerprint density at radius 1 is 1.14 bits per heavy atom. The summed E-state index contributed by atoms with van der Waals surface area (Å²) in [5, 5.41) is 9.39. The molecule has 0 aromatic carbocycles. The molecule has 5 nitrogen and oxygen atoms in total. The predicted octanol–water partition coefficient (Wildman–Crippen LogP) is 4.77. The number of carboxylic acids is 1. The number of fused-ring (bicyclic) bond motifs is 2. The molecule has 2 aliphatic heterocycles. The Kier molecular flexibility index (Phi) is 7.98. The van der Waals surface area contributed by atoms with E-state index in [0.717, 1.165) is 38.5 Å². The van der Waals surface area contributed by atoms with Gasteiger partial charge in [-0.15, -0.1) is 0 Å². The first-order valence-electron chi connectivity index (χ1n) is 11.3. The molecule has 5 unspecified atom stereocenters. The average molecular weight is 412 g/mol. The van der Waals surface area contributed by atoms with Gasteiger partial charge in [-0.1, -0.05) is 32.1 Å². The lowest BCUT2D eigenvalue weighted by Crippen LogP contribution is -2.42. The van der Waals surface area contributed by atoms with E-state index in [9.17, 15) is 4.79 Å². The van der Waals surface area contributed by atoms with Crippen molar-refractivity contribution >= 4 is 23.4 Å². The SMILES string of the molecule is CC(OC(=S)N(C)C1CCCC1)C1C2CCC(O2)C1CCCCCCC(=O)O. The molecule has 0 radical (unpaired) electrons. The van der Waals surface area contributed by atoms with Gasteiger partial charge in [0.2, 0.25) is 0 Å². The van der Waals surface area contributed by atoms with Gasteiger partial charge < -0.3 is 19.5 Å². The van der Waals surface area contributed by atoms with Gasteiger partial charge in [-0.2, -0.15) is 0 Å². The molecule has 3 fully saturated rings. The zero-order chi connectivity index (χ0) is 20.1. The third-order valence-corrected chi connectivity index (χ3v) is 7.54. The molecule has 1 saturated carbocycles. The van der Waals surface area contributed by atoms with Gasteiger partial charge in [-0.3, -0.25) is 4.79 Å². The molecule has 3 aliphatic rings. The third kappa shape index (κ3) is 5.38. The molecule has 0 aromatic rings. The third-order valence-electron chi connectivity index (χ3n) is 7.15. The number of hydrogen-bond acceptors (Lipinski definition) is 4. The standard InChI is InChI=1S/C22H37NO4S/c1-15(26-22(28)23(2)16-9-7-8-10-16)21-17(18-13-14-19(21)27-18)11-5-3-4-6-12-20(24)25/h15-19,21H,3-14H2,1-2H3,(H,24,25). The minimum Gasteiger partial charge on any atom is -0.481 e. The lowest BCUT2D eigenvalue weighted by Gasteiger charge is -2.35. The van der Waals surface area contributed by atoms with E-state index in [2.05, 4.69) is 18.9 Å². The van der Waals surface area contributed by atoms with Crippen LogP contribution in [0.15, 0.2) is 0 Å². The van der Waals surface area contributed by atoms with Gasteiger partial charge in [0.25, 0.3) is 5.17 Å². The Labute approximate surface area is 175 Å². The summed E-state index contributed by atoms with van der Waals surface area (Å²) in [6, 6.07) is 0.539. The van der Waals surface area contributed by atoms with Crippen LogP contribution in [0.3, 0.4) is 0 Å². The second-order valence-electron chi connectivity index (χ2n) is 9.02. The molecule has 1 N–H and O–H groups in total. The molecule has 2 heterocycles. The quantitative estimate of drug-likeness (QED) is 0.413. The Morgan fingerprint density at radius 3 is 2.54 bits per heavy atom. The minimum absolute atomic E-state index is 0.0867. The molecule has 28 heavy (non-hydrogen) atoms. The van der Waals surface area contributed by atoms with E-state index < -0.39 is 5.97 Å². The summed E-state index contributed by atoms with van der Waals surface area (Å²) in [7, 11) is 2.08. The van der Waals surface area contributed by atoms with E-state index in [1.54, 1.807) is 0 Å². The maximum absolute atomic E-state index is 10.6. The van der Waals surface area contributed by atoms with E-state index >= 15 is 0 Å². The number of carbonyl (C=O) groups is 1. The molecule has 0 spiro atoms. The summed E-state index contributed by atoms with van der Waals surface area (Å²) in [5.41, 5.74) is 0. The largest absolute Gasteiger partial charge is 0.481 e. The van der Waals surface area contributed by atoms with Gasteiger partial charge in [0.05, 0.1) is 12.2 Å². The Hall–Kier alpha value is -0.880. The minimum atomic E-state index is -0.689. The van der Waals surface area contributed by atoms with Gasteiger partial charge in [0, 0.05) is 25.4 Å². The van der Waals surface area contributed by atoms with Crippen LogP contribution in [0.4, 0.5) is 0 Å². The first-order valence-corrected chi connectivity index (χ1v) is 11.7. The van der Waals surface area contributed by atoms with Gasteiger partial charge in [-0.05, 0) is 63.6 Å². The van der Waals surface area contributed by atoms with E-state index in [-0.39, 0.29) is 12.5 Å². The van der Waals surface area contributed by atoms with Crippen molar-refractivity contribution in [2.75, 3.05) is 7.05 Å². The van der Waals surface area contributed by atoms with Crippen LogP contribution in [0.2, 0.25) is 0 Å². The number of rotatable bonds is 10. The highest BCUT2D eigenvalue weighted by Gasteiger charge is 2.51. The summed E-state index contributed by atoms with van der Waals surface area (Å²) >= 11 is 5.62.